The maximum atomic E-state index is 13.7. The van der Waals surface area contributed by atoms with Gasteiger partial charge in [-0.2, -0.15) is 0 Å². The Labute approximate surface area is 244 Å². The van der Waals surface area contributed by atoms with Gasteiger partial charge in [0, 0.05) is 69.1 Å². The summed E-state index contributed by atoms with van der Waals surface area (Å²) in [7, 11) is 2.06. The molecule has 0 atom stereocenters. The molecule has 1 amide bonds. The number of amides is 1. The maximum Gasteiger partial charge on any atom is 0.247 e. The Kier molecular flexibility index (Phi) is 9.61. The van der Waals surface area contributed by atoms with Gasteiger partial charge in [-0.3, -0.25) is 14.7 Å². The number of piperidine rings is 1. The van der Waals surface area contributed by atoms with Crippen LogP contribution in [0.15, 0.2) is 109 Å². The molecular weight excluding hydrogens is 504 g/mol. The van der Waals surface area contributed by atoms with Crippen LogP contribution in [-0.2, 0) is 24.3 Å². The standard InChI is InChI=1S/C36H40N4O/c1-3-29-9-11-30(12-10-29)15-18-36(41)40(35-21-25-39(26-22-35)27-31-7-5-4-6-8-31)28-32-13-16-33(17-14-32)38(2)34-19-23-37-24-20-34/h4-20,23-24,35H,3,21-22,25-28H2,1-2H3. The zero-order valence-corrected chi connectivity index (χ0v) is 24.2. The molecule has 1 fully saturated rings. The van der Waals surface area contributed by atoms with E-state index in [1.807, 2.05) is 18.2 Å². The van der Waals surface area contributed by atoms with Crippen LogP contribution in [0.2, 0.25) is 0 Å². The minimum Gasteiger partial charge on any atom is -0.345 e. The third kappa shape index (κ3) is 7.71. The topological polar surface area (TPSA) is 39.7 Å². The summed E-state index contributed by atoms with van der Waals surface area (Å²) in [6.45, 7) is 5.69. The van der Waals surface area contributed by atoms with Crippen LogP contribution in [-0.4, -0.2) is 46.9 Å². The van der Waals surface area contributed by atoms with Crippen molar-refractivity contribution in [1.29, 1.82) is 0 Å². The molecule has 0 bridgehead atoms. The maximum absolute atomic E-state index is 13.7. The van der Waals surface area contributed by atoms with Crippen LogP contribution in [0.5, 0.6) is 0 Å². The predicted molar refractivity (Wildman–Crippen MR) is 169 cm³/mol. The molecule has 4 aromatic rings. The molecule has 0 radical (unpaired) electrons. The molecule has 1 aliphatic rings. The van der Waals surface area contributed by atoms with Crippen molar-refractivity contribution in [2.24, 2.45) is 0 Å². The second kappa shape index (κ2) is 13.9. The van der Waals surface area contributed by atoms with Crippen molar-refractivity contribution in [1.82, 2.24) is 14.8 Å². The first-order valence-electron chi connectivity index (χ1n) is 14.7. The monoisotopic (exact) mass is 544 g/mol. The van der Waals surface area contributed by atoms with E-state index in [0.29, 0.717) is 6.54 Å². The predicted octanol–water partition coefficient (Wildman–Crippen LogP) is 7.12. The van der Waals surface area contributed by atoms with Gasteiger partial charge in [-0.05, 0) is 71.9 Å². The number of likely N-dealkylation sites (tertiary alicyclic amines) is 1. The van der Waals surface area contributed by atoms with Gasteiger partial charge >= 0.3 is 0 Å². The van der Waals surface area contributed by atoms with Gasteiger partial charge in [0.25, 0.3) is 0 Å². The first-order chi connectivity index (χ1) is 20.1. The number of pyridine rings is 1. The van der Waals surface area contributed by atoms with Crippen molar-refractivity contribution >= 4 is 23.4 Å². The van der Waals surface area contributed by atoms with Crippen LogP contribution >= 0.6 is 0 Å². The van der Waals surface area contributed by atoms with Gasteiger partial charge in [0.15, 0.2) is 0 Å². The highest BCUT2D eigenvalue weighted by Crippen LogP contribution is 2.25. The summed E-state index contributed by atoms with van der Waals surface area (Å²) >= 11 is 0. The van der Waals surface area contributed by atoms with Gasteiger partial charge in [0.2, 0.25) is 5.91 Å². The number of rotatable bonds is 10. The van der Waals surface area contributed by atoms with Crippen molar-refractivity contribution in [3.8, 4) is 0 Å². The zero-order valence-electron chi connectivity index (χ0n) is 24.2. The van der Waals surface area contributed by atoms with E-state index in [9.17, 15) is 4.79 Å². The van der Waals surface area contributed by atoms with Crippen molar-refractivity contribution < 1.29 is 4.79 Å². The van der Waals surface area contributed by atoms with Gasteiger partial charge in [-0.25, -0.2) is 0 Å². The van der Waals surface area contributed by atoms with Crippen molar-refractivity contribution in [2.75, 3.05) is 25.0 Å². The fourth-order valence-electron chi connectivity index (χ4n) is 5.48. The summed E-state index contributed by atoms with van der Waals surface area (Å²) < 4.78 is 0. The molecule has 5 rings (SSSR count). The highest BCUT2D eigenvalue weighted by atomic mass is 16.2. The molecule has 5 heteroatoms. The summed E-state index contributed by atoms with van der Waals surface area (Å²) in [5.41, 5.74) is 7.02. The van der Waals surface area contributed by atoms with E-state index in [-0.39, 0.29) is 11.9 Å². The van der Waals surface area contributed by atoms with Gasteiger partial charge in [0.1, 0.15) is 0 Å². The zero-order chi connectivity index (χ0) is 28.4. The van der Waals surface area contributed by atoms with E-state index < -0.39 is 0 Å². The molecule has 5 nitrogen and oxygen atoms in total. The molecule has 1 aliphatic heterocycles. The molecule has 2 heterocycles. The lowest BCUT2D eigenvalue weighted by molar-refractivity contribution is -0.130. The molecule has 0 N–H and O–H groups in total. The lowest BCUT2D eigenvalue weighted by atomic mass is 10.0. The average molecular weight is 545 g/mol. The lowest BCUT2D eigenvalue weighted by Gasteiger charge is -2.38. The van der Waals surface area contributed by atoms with E-state index in [0.717, 1.165) is 61.4 Å². The number of hydrogen-bond donors (Lipinski definition) is 0. The highest BCUT2D eigenvalue weighted by molar-refractivity contribution is 5.92. The van der Waals surface area contributed by atoms with Crippen LogP contribution in [0.25, 0.3) is 6.08 Å². The lowest BCUT2D eigenvalue weighted by Crippen LogP contribution is -2.46. The fourth-order valence-corrected chi connectivity index (χ4v) is 5.48. The largest absolute Gasteiger partial charge is 0.345 e. The average Bonchev–Trinajstić information content (AvgIpc) is 3.04. The molecule has 210 valence electrons. The van der Waals surface area contributed by atoms with Crippen LogP contribution in [0.1, 0.15) is 42.0 Å². The summed E-state index contributed by atoms with van der Waals surface area (Å²) in [6.07, 6.45) is 10.3. The second-order valence-electron chi connectivity index (χ2n) is 10.8. The number of carbonyl (C=O) groups excluding carboxylic acids is 1. The normalized spacial score (nSPS) is 14.3. The number of aryl methyl sites for hydroxylation is 1. The molecule has 1 aromatic heterocycles. The highest BCUT2D eigenvalue weighted by Gasteiger charge is 2.27. The van der Waals surface area contributed by atoms with Gasteiger partial charge in [-0.15, -0.1) is 0 Å². The van der Waals surface area contributed by atoms with Crippen molar-refractivity contribution in [3.63, 3.8) is 0 Å². The van der Waals surface area contributed by atoms with Gasteiger partial charge in [0.05, 0.1) is 0 Å². The number of aromatic nitrogens is 1. The van der Waals surface area contributed by atoms with Crippen molar-refractivity contribution in [3.05, 3.63) is 132 Å². The van der Waals surface area contributed by atoms with Gasteiger partial charge < -0.3 is 9.80 Å². The summed E-state index contributed by atoms with van der Waals surface area (Å²) in [6, 6.07) is 31.9. The number of nitrogens with zero attached hydrogens (tertiary/aromatic N) is 4. The number of hydrogen-bond acceptors (Lipinski definition) is 4. The molecule has 0 saturated carbocycles. The number of anilines is 2. The molecule has 3 aromatic carbocycles. The Morgan fingerprint density at radius 3 is 2.12 bits per heavy atom. The molecule has 0 spiro atoms. The molecule has 0 aliphatic carbocycles. The van der Waals surface area contributed by atoms with E-state index in [2.05, 4.69) is 113 Å². The Balaban J connectivity index is 1.29. The van der Waals surface area contributed by atoms with Crippen LogP contribution in [0.3, 0.4) is 0 Å². The Morgan fingerprint density at radius 1 is 0.829 bits per heavy atom. The summed E-state index contributed by atoms with van der Waals surface area (Å²) in [5, 5.41) is 0. The molecule has 0 unspecified atom stereocenters. The smallest absolute Gasteiger partial charge is 0.247 e. The first-order valence-corrected chi connectivity index (χ1v) is 14.7. The van der Waals surface area contributed by atoms with Crippen LogP contribution in [0, 0.1) is 0 Å². The molecule has 41 heavy (non-hydrogen) atoms. The SMILES string of the molecule is CCc1ccc(C=CC(=O)N(Cc2ccc(N(C)c3ccncc3)cc2)C2CCN(Cc3ccccc3)CC2)cc1. The minimum absolute atomic E-state index is 0.0732. The molecular formula is C36H40N4O. The van der Waals surface area contributed by atoms with Crippen LogP contribution < -0.4 is 4.90 Å². The third-order valence-electron chi connectivity index (χ3n) is 8.06. The van der Waals surface area contributed by atoms with E-state index in [1.54, 1.807) is 18.5 Å². The Morgan fingerprint density at radius 2 is 1.46 bits per heavy atom. The third-order valence-corrected chi connectivity index (χ3v) is 8.06. The first kappa shape index (κ1) is 28.3. The number of benzene rings is 3. The fraction of sp³-hybridized carbons (Fsp3) is 0.278. The van der Waals surface area contributed by atoms with Gasteiger partial charge in [-0.1, -0.05) is 73.7 Å². The van der Waals surface area contributed by atoms with Crippen molar-refractivity contribution in [2.45, 2.75) is 45.3 Å². The number of carbonyl (C=O) groups is 1. The van der Waals surface area contributed by atoms with Crippen LogP contribution in [0.4, 0.5) is 11.4 Å². The summed E-state index contributed by atoms with van der Waals surface area (Å²) in [5.74, 6) is 0.0732. The summed E-state index contributed by atoms with van der Waals surface area (Å²) in [4.78, 5) is 24.5. The molecule has 1 saturated heterocycles. The minimum atomic E-state index is 0.0732. The Hall–Kier alpha value is -4.22. The van der Waals surface area contributed by atoms with E-state index >= 15 is 0 Å². The quantitative estimate of drug-likeness (QED) is 0.199. The van der Waals surface area contributed by atoms with E-state index in [4.69, 9.17) is 0 Å². The Bertz CT molecular complexity index is 1390. The second-order valence-corrected chi connectivity index (χ2v) is 10.8. The van der Waals surface area contributed by atoms with E-state index in [1.165, 1.54) is 11.1 Å².